The summed E-state index contributed by atoms with van der Waals surface area (Å²) in [6.07, 6.45) is 0.745. The first-order valence-corrected chi connectivity index (χ1v) is 9.65. The van der Waals surface area contributed by atoms with Gasteiger partial charge in [0, 0.05) is 10.2 Å². The van der Waals surface area contributed by atoms with Gasteiger partial charge in [-0.05, 0) is 57.9 Å². The van der Waals surface area contributed by atoms with Crippen LogP contribution in [0.2, 0.25) is 0 Å². The van der Waals surface area contributed by atoms with E-state index in [-0.39, 0.29) is 6.54 Å². The number of nitrogens with one attached hydrogen (secondary N) is 3. The van der Waals surface area contributed by atoms with E-state index in [1.807, 2.05) is 0 Å². The van der Waals surface area contributed by atoms with E-state index in [2.05, 4.69) is 31.9 Å². The molecule has 150 valence electrons. The standard InChI is InChI=1S/C19H28BrN3O4/c1-6-19(7-2,16(25)21-12-15(24)27-18(3,4)5)23-17(26)22-14-10-8-13(20)9-11-14/h8-11H,6-7,12H2,1-5H3,(H,21,25)(H2,22,23,26). The van der Waals surface area contributed by atoms with Crippen LogP contribution in [-0.2, 0) is 14.3 Å². The number of hydrogen-bond donors (Lipinski definition) is 3. The maximum atomic E-state index is 12.7. The quantitative estimate of drug-likeness (QED) is 0.563. The van der Waals surface area contributed by atoms with Crippen LogP contribution in [0.1, 0.15) is 47.5 Å². The molecule has 0 fully saturated rings. The zero-order valence-corrected chi connectivity index (χ0v) is 18.0. The Kier molecular flexibility index (Phi) is 8.27. The predicted octanol–water partition coefficient (Wildman–Crippen LogP) is 3.59. The molecule has 0 spiro atoms. The van der Waals surface area contributed by atoms with Gasteiger partial charge in [0.05, 0.1) is 0 Å². The Morgan fingerprint density at radius 2 is 1.59 bits per heavy atom. The lowest BCUT2D eigenvalue weighted by Gasteiger charge is -2.31. The summed E-state index contributed by atoms with van der Waals surface area (Å²) in [7, 11) is 0. The van der Waals surface area contributed by atoms with Crippen LogP contribution in [0.5, 0.6) is 0 Å². The molecule has 0 atom stereocenters. The van der Waals surface area contributed by atoms with E-state index in [0.29, 0.717) is 18.5 Å². The molecule has 0 unspecified atom stereocenters. The molecular weight excluding hydrogens is 414 g/mol. The molecule has 1 aromatic rings. The average molecular weight is 442 g/mol. The molecule has 0 radical (unpaired) electrons. The smallest absolute Gasteiger partial charge is 0.325 e. The first-order chi connectivity index (χ1) is 12.5. The number of carbonyl (C=O) groups excluding carboxylic acids is 3. The molecule has 1 aromatic carbocycles. The molecule has 3 N–H and O–H groups in total. The van der Waals surface area contributed by atoms with Crippen molar-refractivity contribution in [3.63, 3.8) is 0 Å². The SMILES string of the molecule is CCC(CC)(NC(=O)Nc1ccc(Br)cc1)C(=O)NCC(=O)OC(C)(C)C. The Hall–Kier alpha value is -2.09. The Bertz CT molecular complexity index is 665. The maximum absolute atomic E-state index is 12.7. The van der Waals surface area contributed by atoms with Crippen molar-refractivity contribution in [3.05, 3.63) is 28.7 Å². The second-order valence-corrected chi connectivity index (χ2v) is 8.06. The number of anilines is 1. The lowest BCUT2D eigenvalue weighted by Crippen LogP contribution is -2.59. The van der Waals surface area contributed by atoms with Gasteiger partial charge in [0.1, 0.15) is 17.7 Å². The first-order valence-electron chi connectivity index (χ1n) is 8.86. The summed E-state index contributed by atoms with van der Waals surface area (Å²) >= 11 is 3.33. The molecule has 0 saturated carbocycles. The third kappa shape index (κ3) is 7.58. The highest BCUT2D eigenvalue weighted by Gasteiger charge is 2.36. The van der Waals surface area contributed by atoms with Crippen molar-refractivity contribution in [3.8, 4) is 0 Å². The minimum atomic E-state index is -1.12. The molecular formula is C19H28BrN3O4. The van der Waals surface area contributed by atoms with Gasteiger partial charge in [0.25, 0.3) is 0 Å². The van der Waals surface area contributed by atoms with E-state index >= 15 is 0 Å². The highest BCUT2D eigenvalue weighted by Crippen LogP contribution is 2.18. The zero-order chi connectivity index (χ0) is 20.7. The highest BCUT2D eigenvalue weighted by atomic mass is 79.9. The molecule has 1 rings (SSSR count). The summed E-state index contributed by atoms with van der Waals surface area (Å²) in [5.74, 6) is -0.958. The summed E-state index contributed by atoms with van der Waals surface area (Å²) in [5.41, 5.74) is -1.15. The highest BCUT2D eigenvalue weighted by molar-refractivity contribution is 9.10. The summed E-state index contributed by atoms with van der Waals surface area (Å²) in [6, 6.07) is 6.59. The first kappa shape index (κ1) is 23.0. The minimum absolute atomic E-state index is 0.256. The molecule has 0 aliphatic carbocycles. The van der Waals surface area contributed by atoms with Gasteiger partial charge < -0.3 is 20.7 Å². The molecule has 0 heterocycles. The number of benzene rings is 1. The van der Waals surface area contributed by atoms with Gasteiger partial charge in [0.15, 0.2) is 0 Å². The third-order valence-electron chi connectivity index (χ3n) is 3.91. The predicted molar refractivity (Wildman–Crippen MR) is 108 cm³/mol. The number of ether oxygens (including phenoxy) is 1. The number of hydrogen-bond acceptors (Lipinski definition) is 4. The van der Waals surface area contributed by atoms with Crippen molar-refractivity contribution in [1.29, 1.82) is 0 Å². The van der Waals surface area contributed by atoms with Crippen molar-refractivity contribution < 1.29 is 19.1 Å². The third-order valence-corrected chi connectivity index (χ3v) is 4.44. The Labute approximate surface area is 168 Å². The molecule has 7 nitrogen and oxygen atoms in total. The number of urea groups is 1. The van der Waals surface area contributed by atoms with E-state index in [4.69, 9.17) is 4.74 Å². The fourth-order valence-corrected chi connectivity index (χ4v) is 2.68. The van der Waals surface area contributed by atoms with Crippen LogP contribution in [0.3, 0.4) is 0 Å². The van der Waals surface area contributed by atoms with Gasteiger partial charge in [-0.2, -0.15) is 0 Å². The van der Waals surface area contributed by atoms with Crippen molar-refractivity contribution in [1.82, 2.24) is 10.6 Å². The van der Waals surface area contributed by atoms with Crippen LogP contribution in [-0.4, -0.2) is 35.6 Å². The van der Waals surface area contributed by atoms with Crippen LogP contribution in [0, 0.1) is 0 Å². The van der Waals surface area contributed by atoms with Gasteiger partial charge in [0.2, 0.25) is 5.91 Å². The average Bonchev–Trinajstić information content (AvgIpc) is 2.58. The number of rotatable bonds is 7. The fraction of sp³-hybridized carbons (Fsp3) is 0.526. The van der Waals surface area contributed by atoms with Gasteiger partial charge in [-0.1, -0.05) is 29.8 Å². The molecule has 3 amide bonds. The van der Waals surface area contributed by atoms with E-state index in [9.17, 15) is 14.4 Å². The van der Waals surface area contributed by atoms with Crippen molar-refractivity contribution in [2.24, 2.45) is 0 Å². The van der Waals surface area contributed by atoms with E-state index in [0.717, 1.165) is 4.47 Å². The summed E-state index contributed by atoms with van der Waals surface area (Å²) in [6.45, 7) is 8.61. The molecule has 0 bridgehead atoms. The monoisotopic (exact) mass is 441 g/mol. The van der Waals surface area contributed by atoms with Crippen molar-refractivity contribution in [2.45, 2.75) is 58.6 Å². The molecule has 0 aromatic heterocycles. The molecule has 8 heteroatoms. The molecule has 27 heavy (non-hydrogen) atoms. The summed E-state index contributed by atoms with van der Waals surface area (Å²) in [4.78, 5) is 36.8. The minimum Gasteiger partial charge on any atom is -0.459 e. The Morgan fingerprint density at radius 3 is 2.07 bits per heavy atom. The van der Waals surface area contributed by atoms with Gasteiger partial charge in [-0.15, -0.1) is 0 Å². The summed E-state index contributed by atoms with van der Waals surface area (Å²) < 4.78 is 6.08. The summed E-state index contributed by atoms with van der Waals surface area (Å²) in [5, 5.41) is 8.00. The Balaban J connectivity index is 2.72. The Morgan fingerprint density at radius 1 is 1.04 bits per heavy atom. The number of esters is 1. The lowest BCUT2D eigenvalue weighted by molar-refractivity contribution is -0.154. The molecule has 0 saturated heterocycles. The van der Waals surface area contributed by atoms with Crippen molar-refractivity contribution >= 4 is 39.5 Å². The van der Waals surface area contributed by atoms with E-state index in [1.54, 1.807) is 58.9 Å². The van der Waals surface area contributed by atoms with Crippen LogP contribution in [0.4, 0.5) is 10.5 Å². The molecule has 0 aliphatic rings. The van der Waals surface area contributed by atoms with Crippen LogP contribution in [0.15, 0.2) is 28.7 Å². The topological polar surface area (TPSA) is 96.5 Å². The van der Waals surface area contributed by atoms with Crippen LogP contribution in [0.25, 0.3) is 0 Å². The lowest BCUT2D eigenvalue weighted by atomic mass is 9.91. The van der Waals surface area contributed by atoms with Crippen LogP contribution >= 0.6 is 15.9 Å². The van der Waals surface area contributed by atoms with E-state index < -0.39 is 29.0 Å². The maximum Gasteiger partial charge on any atom is 0.325 e. The largest absolute Gasteiger partial charge is 0.459 e. The van der Waals surface area contributed by atoms with Crippen molar-refractivity contribution in [2.75, 3.05) is 11.9 Å². The number of halogens is 1. The molecule has 0 aliphatic heterocycles. The van der Waals surface area contributed by atoms with Crippen LogP contribution < -0.4 is 16.0 Å². The van der Waals surface area contributed by atoms with Gasteiger partial charge in [-0.25, -0.2) is 4.79 Å². The number of carbonyl (C=O) groups is 3. The zero-order valence-electron chi connectivity index (χ0n) is 16.4. The van der Waals surface area contributed by atoms with Gasteiger partial charge >= 0.3 is 12.0 Å². The second kappa shape index (κ2) is 9.73. The second-order valence-electron chi connectivity index (χ2n) is 7.14. The number of amides is 3. The normalized spacial score (nSPS) is 11.5. The van der Waals surface area contributed by atoms with Gasteiger partial charge in [-0.3, -0.25) is 9.59 Å². The van der Waals surface area contributed by atoms with E-state index in [1.165, 1.54) is 0 Å². The fourth-order valence-electron chi connectivity index (χ4n) is 2.42.